The summed E-state index contributed by atoms with van der Waals surface area (Å²) in [5.74, 6) is -0.268. The van der Waals surface area contributed by atoms with Crippen molar-refractivity contribution in [2.45, 2.75) is 39.5 Å². The second-order valence-corrected chi connectivity index (χ2v) is 11.9. The standard InChI is InChI=1S/C35H35FN6O3/c1-19(2)35(45)42-14-12-21(13-15-42)24-16-27(31-29(17-24)40-41-33(31)37)22-6-10-26(11-7-22)39-34(44)28-18-38-20(3)30(32(28)43)23-4-8-25(36)9-5-23/h4-11,16-19,21H,12-15H2,1-3H3,(H,38,43)(H,39,44)(H3,37,40,41). The molecule has 6 rings (SSSR count). The molecule has 2 aromatic heterocycles. The molecule has 230 valence electrons. The first-order valence-corrected chi connectivity index (χ1v) is 15.0. The van der Waals surface area contributed by atoms with Gasteiger partial charge in [-0.15, -0.1) is 0 Å². The van der Waals surface area contributed by atoms with Gasteiger partial charge in [-0.25, -0.2) is 4.39 Å². The van der Waals surface area contributed by atoms with Crippen molar-refractivity contribution in [2.75, 3.05) is 24.1 Å². The number of pyridine rings is 1. The minimum absolute atomic E-state index is 0.00530. The molecule has 3 aromatic carbocycles. The highest BCUT2D eigenvalue weighted by atomic mass is 19.1. The molecule has 0 bridgehead atoms. The van der Waals surface area contributed by atoms with Crippen LogP contribution in [0.5, 0.6) is 5.75 Å². The highest BCUT2D eigenvalue weighted by molar-refractivity contribution is 6.08. The molecule has 1 fully saturated rings. The highest BCUT2D eigenvalue weighted by Crippen LogP contribution is 2.39. The summed E-state index contributed by atoms with van der Waals surface area (Å²) in [7, 11) is 0. The van der Waals surface area contributed by atoms with Crippen molar-refractivity contribution in [1.29, 1.82) is 0 Å². The molecule has 5 N–H and O–H groups in total. The summed E-state index contributed by atoms with van der Waals surface area (Å²) in [6.45, 7) is 7.04. The fourth-order valence-electron chi connectivity index (χ4n) is 6.12. The lowest BCUT2D eigenvalue weighted by Gasteiger charge is -2.33. The van der Waals surface area contributed by atoms with Gasteiger partial charge in [0.2, 0.25) is 5.91 Å². The topological polar surface area (TPSA) is 137 Å². The van der Waals surface area contributed by atoms with Gasteiger partial charge >= 0.3 is 0 Å². The maximum absolute atomic E-state index is 13.5. The SMILES string of the molecule is Cc1ncc(C(=O)Nc2ccc(-c3cc(C4CCN(C(=O)C(C)C)CC4)cc4[nH]nc(N)c34)cc2)c(O)c1-c1ccc(F)cc1. The van der Waals surface area contributed by atoms with Crippen LogP contribution in [0.2, 0.25) is 0 Å². The van der Waals surface area contributed by atoms with Crippen LogP contribution in [-0.2, 0) is 4.79 Å². The molecule has 3 heterocycles. The van der Waals surface area contributed by atoms with Gasteiger partial charge in [-0.05, 0) is 84.3 Å². The fraction of sp³-hybridized carbons (Fsp3) is 0.257. The van der Waals surface area contributed by atoms with Gasteiger partial charge in [0.05, 0.1) is 10.9 Å². The minimum Gasteiger partial charge on any atom is -0.506 e. The predicted octanol–water partition coefficient (Wildman–Crippen LogP) is 6.64. The Hall–Kier alpha value is -5.25. The third kappa shape index (κ3) is 5.83. The number of benzene rings is 3. The van der Waals surface area contributed by atoms with Crippen LogP contribution in [0.15, 0.2) is 66.9 Å². The Morgan fingerprint density at radius 1 is 1.04 bits per heavy atom. The first-order chi connectivity index (χ1) is 21.6. The molecular weight excluding hydrogens is 571 g/mol. The average molecular weight is 607 g/mol. The molecule has 1 aliphatic heterocycles. The van der Waals surface area contributed by atoms with E-state index in [9.17, 15) is 19.1 Å². The molecule has 2 amide bonds. The number of nitrogens with zero attached hydrogens (tertiary/aromatic N) is 3. The van der Waals surface area contributed by atoms with E-state index >= 15 is 0 Å². The number of carbonyl (C=O) groups is 2. The second-order valence-electron chi connectivity index (χ2n) is 11.9. The monoisotopic (exact) mass is 606 g/mol. The van der Waals surface area contributed by atoms with Crippen molar-refractivity contribution in [1.82, 2.24) is 20.1 Å². The lowest BCUT2D eigenvalue weighted by molar-refractivity contribution is -0.135. The van der Waals surface area contributed by atoms with E-state index in [-0.39, 0.29) is 23.1 Å². The Labute approximate surface area is 260 Å². The van der Waals surface area contributed by atoms with E-state index in [1.807, 2.05) is 30.9 Å². The van der Waals surface area contributed by atoms with Crippen LogP contribution in [0.4, 0.5) is 15.9 Å². The normalized spacial score (nSPS) is 13.8. The number of aromatic amines is 1. The van der Waals surface area contributed by atoms with Crippen LogP contribution in [0.1, 0.15) is 54.2 Å². The summed E-state index contributed by atoms with van der Waals surface area (Å²) >= 11 is 0. The van der Waals surface area contributed by atoms with Crippen molar-refractivity contribution in [2.24, 2.45) is 5.92 Å². The van der Waals surface area contributed by atoms with Gasteiger partial charge in [-0.3, -0.25) is 19.7 Å². The number of aromatic hydroxyl groups is 1. The van der Waals surface area contributed by atoms with Crippen molar-refractivity contribution in [3.8, 4) is 28.0 Å². The van der Waals surface area contributed by atoms with Gasteiger partial charge < -0.3 is 21.1 Å². The lowest BCUT2D eigenvalue weighted by Crippen LogP contribution is -2.40. The number of nitrogens with one attached hydrogen (secondary N) is 2. The number of hydrogen-bond acceptors (Lipinski definition) is 6. The second kappa shape index (κ2) is 12.0. The number of piperidine rings is 1. The number of amides is 2. The Balaban J connectivity index is 1.24. The number of carbonyl (C=O) groups excluding carboxylic acids is 2. The summed E-state index contributed by atoms with van der Waals surface area (Å²) in [5, 5.41) is 22.0. The van der Waals surface area contributed by atoms with E-state index in [4.69, 9.17) is 5.73 Å². The zero-order valence-corrected chi connectivity index (χ0v) is 25.4. The van der Waals surface area contributed by atoms with Crippen LogP contribution in [-0.4, -0.2) is 50.1 Å². The van der Waals surface area contributed by atoms with Crippen LogP contribution >= 0.6 is 0 Å². The number of anilines is 2. The third-order valence-electron chi connectivity index (χ3n) is 8.56. The highest BCUT2D eigenvalue weighted by Gasteiger charge is 2.26. The van der Waals surface area contributed by atoms with E-state index in [2.05, 4.69) is 32.6 Å². The zero-order valence-electron chi connectivity index (χ0n) is 25.4. The molecular formula is C35H35FN6O3. The van der Waals surface area contributed by atoms with Crippen LogP contribution in [0.25, 0.3) is 33.2 Å². The molecule has 0 aliphatic carbocycles. The van der Waals surface area contributed by atoms with E-state index in [1.54, 1.807) is 19.1 Å². The third-order valence-corrected chi connectivity index (χ3v) is 8.56. The van der Waals surface area contributed by atoms with Gasteiger partial charge in [-0.1, -0.05) is 38.1 Å². The molecule has 0 unspecified atom stereocenters. The largest absolute Gasteiger partial charge is 0.506 e. The summed E-state index contributed by atoms with van der Waals surface area (Å²) in [5.41, 5.74) is 12.1. The first-order valence-electron chi connectivity index (χ1n) is 15.0. The van der Waals surface area contributed by atoms with Gasteiger partial charge in [0, 0.05) is 42.1 Å². The van der Waals surface area contributed by atoms with Gasteiger partial charge in [0.1, 0.15) is 17.1 Å². The lowest BCUT2D eigenvalue weighted by atomic mass is 9.86. The number of hydrogen-bond donors (Lipinski definition) is 4. The van der Waals surface area contributed by atoms with Crippen LogP contribution in [0, 0.1) is 18.7 Å². The molecule has 5 aromatic rings. The predicted molar refractivity (Wildman–Crippen MR) is 173 cm³/mol. The van der Waals surface area contributed by atoms with Crippen LogP contribution < -0.4 is 11.1 Å². The summed E-state index contributed by atoms with van der Waals surface area (Å²) < 4.78 is 13.5. The fourth-order valence-corrected chi connectivity index (χ4v) is 6.12. The maximum atomic E-state index is 13.5. The van der Waals surface area contributed by atoms with Gasteiger partial charge in [0.25, 0.3) is 5.91 Å². The molecule has 1 saturated heterocycles. The average Bonchev–Trinajstić information content (AvgIpc) is 3.42. The summed E-state index contributed by atoms with van der Waals surface area (Å²) in [6, 6.07) is 17.3. The maximum Gasteiger partial charge on any atom is 0.261 e. The number of aromatic nitrogens is 3. The van der Waals surface area contributed by atoms with Crippen molar-refractivity contribution in [3.05, 3.63) is 89.5 Å². The number of aryl methyl sites for hydroxylation is 1. The Morgan fingerprint density at radius 2 is 1.71 bits per heavy atom. The smallest absolute Gasteiger partial charge is 0.261 e. The first kappa shape index (κ1) is 29.8. The minimum atomic E-state index is -0.526. The van der Waals surface area contributed by atoms with E-state index in [0.29, 0.717) is 34.2 Å². The molecule has 0 radical (unpaired) electrons. The molecule has 9 nitrogen and oxygen atoms in total. The summed E-state index contributed by atoms with van der Waals surface area (Å²) in [6.07, 6.45) is 3.08. The number of nitrogen functional groups attached to an aromatic ring is 1. The van der Waals surface area contributed by atoms with E-state index in [0.717, 1.165) is 53.5 Å². The Morgan fingerprint density at radius 3 is 2.38 bits per heavy atom. The number of rotatable bonds is 6. The molecule has 45 heavy (non-hydrogen) atoms. The van der Waals surface area contributed by atoms with E-state index in [1.165, 1.54) is 30.5 Å². The molecule has 0 spiro atoms. The number of halogens is 1. The zero-order chi connectivity index (χ0) is 31.8. The quantitative estimate of drug-likeness (QED) is 0.171. The Kier molecular flexibility index (Phi) is 7.97. The number of nitrogens with two attached hydrogens (primary N) is 1. The summed E-state index contributed by atoms with van der Waals surface area (Å²) in [4.78, 5) is 32.0. The van der Waals surface area contributed by atoms with Gasteiger partial charge in [-0.2, -0.15) is 5.10 Å². The molecule has 1 aliphatic rings. The number of likely N-dealkylation sites (tertiary alicyclic amines) is 1. The number of H-pyrrole nitrogens is 1. The molecule has 0 atom stereocenters. The Bertz CT molecular complexity index is 1890. The van der Waals surface area contributed by atoms with E-state index < -0.39 is 11.7 Å². The van der Waals surface area contributed by atoms with Crippen molar-refractivity contribution in [3.63, 3.8) is 0 Å². The van der Waals surface area contributed by atoms with Crippen molar-refractivity contribution < 1.29 is 19.1 Å². The molecule has 10 heteroatoms. The van der Waals surface area contributed by atoms with Crippen LogP contribution in [0.3, 0.4) is 0 Å². The van der Waals surface area contributed by atoms with Gasteiger partial charge in [0.15, 0.2) is 5.82 Å². The number of fused-ring (bicyclic) bond motifs is 1. The molecule has 0 saturated carbocycles. The van der Waals surface area contributed by atoms with Crippen molar-refractivity contribution >= 4 is 34.2 Å².